The minimum atomic E-state index is -0.947. The van der Waals surface area contributed by atoms with Crippen LogP contribution in [0.1, 0.15) is 6.42 Å². The number of nitrogens with two attached hydrogens (primary N) is 1. The summed E-state index contributed by atoms with van der Waals surface area (Å²) in [5.74, 6) is 0.400. The molecular weight excluding hydrogens is 339 g/mol. The first-order chi connectivity index (χ1) is 12.6. The predicted molar refractivity (Wildman–Crippen MR) is 94.6 cm³/mol. The number of hydrogen-bond donors (Lipinski definition) is 7. The van der Waals surface area contributed by atoms with Crippen LogP contribution >= 0.6 is 0 Å². The molecule has 10 heteroatoms. The molecule has 0 radical (unpaired) electrons. The van der Waals surface area contributed by atoms with E-state index >= 15 is 0 Å². The van der Waals surface area contributed by atoms with Gasteiger partial charge in [-0.25, -0.2) is 4.39 Å². The van der Waals surface area contributed by atoms with Gasteiger partial charge in [0.25, 0.3) is 0 Å². The first kappa shape index (κ1) is 18.5. The van der Waals surface area contributed by atoms with Crippen molar-refractivity contribution < 1.29 is 14.2 Å². The summed E-state index contributed by atoms with van der Waals surface area (Å²) in [5, 5.41) is 17.2. The molecule has 7 atom stereocenters. The van der Waals surface area contributed by atoms with Crippen molar-refractivity contribution in [3.8, 4) is 0 Å². The normalized spacial score (nSPS) is 44.5. The lowest BCUT2D eigenvalue weighted by Crippen LogP contribution is -3.15. The summed E-state index contributed by atoms with van der Waals surface area (Å²) in [5.41, 5.74) is 10.5. The van der Waals surface area contributed by atoms with Crippen molar-refractivity contribution in [3.63, 3.8) is 0 Å². The smallest absolute Gasteiger partial charge is 0.230 e. The second kappa shape index (κ2) is 8.01. The molecule has 0 aromatic rings. The minimum Gasteiger partial charge on any atom is -0.436 e. The van der Waals surface area contributed by atoms with Gasteiger partial charge < -0.3 is 37.4 Å². The number of fused-ring (bicyclic) bond motifs is 1. The van der Waals surface area contributed by atoms with E-state index in [0.29, 0.717) is 16.8 Å². The van der Waals surface area contributed by atoms with Gasteiger partial charge in [-0.05, 0) is 31.0 Å². The molecule has 7 unspecified atom stereocenters. The maximum absolute atomic E-state index is 13.6. The summed E-state index contributed by atoms with van der Waals surface area (Å²) < 4.78 is 13.6. The SMILES string of the molecule is NC1[N-][NH+]2CC(F)CNC2C1C(=O)NC1CNCCC1C1CNCNC1. The summed E-state index contributed by atoms with van der Waals surface area (Å²) in [6, 6.07) is 0.0803. The third kappa shape index (κ3) is 3.72. The average molecular weight is 370 g/mol. The number of piperidine rings is 1. The topological polar surface area (TPSA) is 122 Å². The Morgan fingerprint density at radius 3 is 2.81 bits per heavy atom. The van der Waals surface area contributed by atoms with E-state index in [1.165, 1.54) is 0 Å². The Morgan fingerprint density at radius 1 is 1.19 bits per heavy atom. The molecule has 0 spiro atoms. The van der Waals surface area contributed by atoms with Crippen molar-refractivity contribution in [2.24, 2.45) is 23.5 Å². The number of hydrogen-bond acceptors (Lipinski definition) is 6. The fourth-order valence-corrected chi connectivity index (χ4v) is 4.90. The highest BCUT2D eigenvalue weighted by molar-refractivity contribution is 5.81. The molecule has 4 aliphatic heterocycles. The van der Waals surface area contributed by atoms with Crippen molar-refractivity contribution in [2.75, 3.05) is 45.9 Å². The Labute approximate surface area is 153 Å². The zero-order valence-electron chi connectivity index (χ0n) is 15.0. The third-order valence-electron chi connectivity index (χ3n) is 6.23. The Balaban J connectivity index is 1.41. The largest absolute Gasteiger partial charge is 0.436 e. The van der Waals surface area contributed by atoms with E-state index in [1.54, 1.807) is 0 Å². The van der Waals surface area contributed by atoms with E-state index in [0.717, 1.165) is 39.3 Å². The van der Waals surface area contributed by atoms with E-state index in [2.05, 4.69) is 32.0 Å². The van der Waals surface area contributed by atoms with Crippen molar-refractivity contribution >= 4 is 5.91 Å². The van der Waals surface area contributed by atoms with Gasteiger partial charge in [0.05, 0.1) is 0 Å². The Hall–Kier alpha value is -0.880. The molecule has 148 valence electrons. The van der Waals surface area contributed by atoms with Gasteiger partial charge >= 0.3 is 0 Å². The molecule has 4 saturated heterocycles. The molecule has 9 nitrogen and oxygen atoms in total. The number of rotatable bonds is 3. The van der Waals surface area contributed by atoms with Crippen LogP contribution < -0.4 is 37.3 Å². The number of nitrogens with zero attached hydrogens (tertiary/aromatic N) is 1. The summed E-state index contributed by atoms with van der Waals surface area (Å²) >= 11 is 0. The summed E-state index contributed by atoms with van der Waals surface area (Å²) in [7, 11) is 0. The van der Waals surface area contributed by atoms with Crippen LogP contribution in [0.25, 0.3) is 5.43 Å². The van der Waals surface area contributed by atoms with Gasteiger partial charge in [0.1, 0.15) is 18.6 Å². The van der Waals surface area contributed by atoms with Crippen molar-refractivity contribution in [1.29, 1.82) is 0 Å². The first-order valence-electron chi connectivity index (χ1n) is 9.75. The van der Waals surface area contributed by atoms with Gasteiger partial charge in [0.2, 0.25) is 5.91 Å². The van der Waals surface area contributed by atoms with Crippen LogP contribution in [0, 0.1) is 17.8 Å². The number of quaternary nitrogens is 1. The van der Waals surface area contributed by atoms with Crippen molar-refractivity contribution in [1.82, 2.24) is 26.6 Å². The molecule has 0 bridgehead atoms. The van der Waals surface area contributed by atoms with Gasteiger partial charge in [-0.15, -0.1) is 0 Å². The quantitative estimate of drug-likeness (QED) is 0.274. The predicted octanol–water partition coefficient (Wildman–Crippen LogP) is -3.80. The Bertz CT molecular complexity index is 505. The molecule has 26 heavy (non-hydrogen) atoms. The molecule has 4 rings (SSSR count). The summed E-state index contributed by atoms with van der Waals surface area (Å²) in [6.07, 6.45) is -0.731. The number of alkyl halides is 1. The zero-order valence-corrected chi connectivity index (χ0v) is 15.0. The summed E-state index contributed by atoms with van der Waals surface area (Å²) in [4.78, 5) is 13.0. The highest BCUT2D eigenvalue weighted by atomic mass is 19.1. The van der Waals surface area contributed by atoms with E-state index < -0.39 is 18.3 Å². The van der Waals surface area contributed by atoms with E-state index in [9.17, 15) is 9.18 Å². The second-order valence-electron chi connectivity index (χ2n) is 7.94. The standard InChI is InChI=1S/C16H31FN8O/c17-10-5-22-15-13(14(18)24-25(15)7-10)16(26)23-12-6-19-2-1-11(12)9-3-20-8-21-4-9/h9-15,19-22,25H,1-8,18H2,(H,23,26). The molecule has 0 aromatic carbocycles. The number of carbonyl (C=O) groups excluding carboxylic acids is 1. The number of carbonyl (C=O) groups is 1. The van der Waals surface area contributed by atoms with Gasteiger partial charge in [0, 0.05) is 38.9 Å². The maximum atomic E-state index is 13.6. The van der Waals surface area contributed by atoms with Crippen LogP contribution in [0.4, 0.5) is 4.39 Å². The Kier molecular flexibility index (Phi) is 5.69. The average Bonchev–Trinajstić information content (AvgIpc) is 2.97. The molecule has 8 N–H and O–H groups in total. The minimum absolute atomic E-state index is 0.0681. The van der Waals surface area contributed by atoms with E-state index in [1.807, 2.05) is 0 Å². The van der Waals surface area contributed by atoms with Gasteiger partial charge in [0.15, 0.2) is 6.17 Å². The molecule has 4 heterocycles. The van der Waals surface area contributed by atoms with Crippen molar-refractivity contribution in [3.05, 3.63) is 5.43 Å². The molecule has 0 aromatic heterocycles. The number of amides is 1. The Morgan fingerprint density at radius 2 is 2.00 bits per heavy atom. The van der Waals surface area contributed by atoms with Crippen LogP contribution in [0.15, 0.2) is 0 Å². The lowest BCUT2D eigenvalue weighted by molar-refractivity contribution is -0.891. The second-order valence-corrected chi connectivity index (χ2v) is 7.94. The van der Waals surface area contributed by atoms with Gasteiger partial charge in [-0.2, -0.15) is 0 Å². The first-order valence-corrected chi connectivity index (χ1v) is 9.75. The van der Waals surface area contributed by atoms with Crippen LogP contribution in [-0.4, -0.2) is 76.4 Å². The fraction of sp³-hybridized carbons (Fsp3) is 0.938. The molecule has 4 aliphatic rings. The van der Waals surface area contributed by atoms with E-state index in [-0.39, 0.29) is 31.2 Å². The number of nitrogens with one attached hydrogen (secondary N) is 6. The molecule has 0 saturated carbocycles. The molecule has 1 amide bonds. The van der Waals surface area contributed by atoms with Crippen LogP contribution in [-0.2, 0) is 4.79 Å². The number of halogens is 1. The maximum Gasteiger partial charge on any atom is 0.230 e. The molecular formula is C16H31FN8O. The van der Waals surface area contributed by atoms with Crippen LogP contribution in [0.5, 0.6) is 0 Å². The lowest BCUT2D eigenvalue weighted by Gasteiger charge is -2.41. The monoisotopic (exact) mass is 370 g/mol. The van der Waals surface area contributed by atoms with Crippen LogP contribution in [0.2, 0.25) is 0 Å². The summed E-state index contributed by atoms with van der Waals surface area (Å²) in [6.45, 7) is 5.08. The third-order valence-corrected chi connectivity index (χ3v) is 6.23. The van der Waals surface area contributed by atoms with Gasteiger partial charge in [-0.1, -0.05) is 0 Å². The highest BCUT2D eigenvalue weighted by Gasteiger charge is 2.45. The fourth-order valence-electron chi connectivity index (χ4n) is 4.90. The van der Waals surface area contributed by atoms with Crippen molar-refractivity contribution in [2.45, 2.75) is 31.0 Å². The molecule has 4 fully saturated rings. The van der Waals surface area contributed by atoms with Gasteiger partial charge in [-0.3, -0.25) is 10.1 Å². The van der Waals surface area contributed by atoms with Crippen LogP contribution in [0.3, 0.4) is 0 Å². The van der Waals surface area contributed by atoms with E-state index in [4.69, 9.17) is 5.73 Å². The highest BCUT2D eigenvalue weighted by Crippen LogP contribution is 2.24. The lowest BCUT2D eigenvalue weighted by atomic mass is 9.80. The zero-order chi connectivity index (χ0) is 18.1. The molecule has 0 aliphatic carbocycles.